The minimum absolute atomic E-state index is 0.0954. The molecule has 0 bridgehead atoms. The SMILES string of the molecule is CNS(=O)(=O)c1ccc(/C=N/S(=O)(=O)c2ccccc2)cc1. The predicted octanol–water partition coefficient (Wildman–Crippen LogP) is 1.40. The van der Waals surface area contributed by atoms with Crippen molar-refractivity contribution >= 4 is 26.3 Å². The van der Waals surface area contributed by atoms with E-state index >= 15 is 0 Å². The van der Waals surface area contributed by atoms with E-state index < -0.39 is 20.0 Å². The normalized spacial score (nSPS) is 12.6. The van der Waals surface area contributed by atoms with Gasteiger partial charge in [-0.1, -0.05) is 30.3 Å². The van der Waals surface area contributed by atoms with Crippen LogP contribution < -0.4 is 4.72 Å². The van der Waals surface area contributed by atoms with Gasteiger partial charge in [0.05, 0.1) is 9.79 Å². The van der Waals surface area contributed by atoms with E-state index in [1.54, 1.807) is 18.2 Å². The average molecular weight is 338 g/mol. The first-order chi connectivity index (χ1) is 10.3. The molecule has 0 amide bonds. The maximum Gasteiger partial charge on any atom is 0.282 e. The average Bonchev–Trinajstić information content (AvgIpc) is 2.54. The molecule has 6 nitrogen and oxygen atoms in total. The van der Waals surface area contributed by atoms with E-state index in [-0.39, 0.29) is 9.79 Å². The summed E-state index contributed by atoms with van der Waals surface area (Å²) >= 11 is 0. The Kier molecular flexibility index (Phi) is 4.74. The number of nitrogens with one attached hydrogen (secondary N) is 1. The van der Waals surface area contributed by atoms with E-state index in [2.05, 4.69) is 9.12 Å². The van der Waals surface area contributed by atoms with Crippen LogP contribution in [0.15, 0.2) is 68.8 Å². The molecule has 22 heavy (non-hydrogen) atoms. The summed E-state index contributed by atoms with van der Waals surface area (Å²) in [4.78, 5) is 0.193. The molecular formula is C14H14N2O4S2. The van der Waals surface area contributed by atoms with Gasteiger partial charge in [-0.25, -0.2) is 13.1 Å². The fourth-order valence-corrected chi connectivity index (χ4v) is 3.25. The molecule has 2 aromatic rings. The lowest BCUT2D eigenvalue weighted by Crippen LogP contribution is -2.18. The Morgan fingerprint density at radius 2 is 1.45 bits per heavy atom. The zero-order valence-electron chi connectivity index (χ0n) is 11.7. The minimum atomic E-state index is -3.76. The molecule has 116 valence electrons. The van der Waals surface area contributed by atoms with Crippen LogP contribution >= 0.6 is 0 Å². The summed E-state index contributed by atoms with van der Waals surface area (Å²) in [6, 6.07) is 13.6. The lowest BCUT2D eigenvalue weighted by molar-refractivity contribution is 0.588. The van der Waals surface area contributed by atoms with Gasteiger partial charge in [-0.3, -0.25) is 0 Å². The summed E-state index contributed by atoms with van der Waals surface area (Å²) in [6.45, 7) is 0. The van der Waals surface area contributed by atoms with Crippen molar-refractivity contribution in [3.05, 3.63) is 60.2 Å². The van der Waals surface area contributed by atoms with Crippen molar-refractivity contribution < 1.29 is 16.8 Å². The predicted molar refractivity (Wildman–Crippen MR) is 83.9 cm³/mol. The van der Waals surface area contributed by atoms with Crippen molar-refractivity contribution in [3.63, 3.8) is 0 Å². The van der Waals surface area contributed by atoms with Gasteiger partial charge in [-0.2, -0.15) is 12.8 Å². The number of hydrogen-bond acceptors (Lipinski definition) is 4. The number of benzene rings is 2. The lowest BCUT2D eigenvalue weighted by atomic mass is 10.2. The molecule has 0 heterocycles. The fraction of sp³-hybridized carbons (Fsp3) is 0.0714. The Morgan fingerprint density at radius 1 is 0.864 bits per heavy atom. The Labute approximate surface area is 129 Å². The van der Waals surface area contributed by atoms with E-state index in [0.29, 0.717) is 5.56 Å². The molecule has 0 radical (unpaired) electrons. The summed E-state index contributed by atoms with van der Waals surface area (Å²) in [5, 5.41) is 0. The molecule has 0 fully saturated rings. The van der Waals surface area contributed by atoms with Gasteiger partial charge in [0.2, 0.25) is 10.0 Å². The van der Waals surface area contributed by atoms with Crippen molar-refractivity contribution in [2.45, 2.75) is 9.79 Å². The van der Waals surface area contributed by atoms with Gasteiger partial charge in [0, 0.05) is 6.21 Å². The second-order valence-corrected chi connectivity index (χ2v) is 7.82. The van der Waals surface area contributed by atoms with E-state index in [1.165, 1.54) is 49.7 Å². The highest BCUT2D eigenvalue weighted by Gasteiger charge is 2.12. The zero-order valence-corrected chi connectivity index (χ0v) is 13.3. The number of hydrogen-bond donors (Lipinski definition) is 1. The van der Waals surface area contributed by atoms with Gasteiger partial charge < -0.3 is 0 Å². The third-order valence-corrected chi connectivity index (χ3v) is 5.52. The summed E-state index contributed by atoms with van der Waals surface area (Å²) in [5.74, 6) is 0. The van der Waals surface area contributed by atoms with Crippen molar-refractivity contribution in [1.29, 1.82) is 0 Å². The van der Waals surface area contributed by atoms with Crippen LogP contribution in [0.4, 0.5) is 0 Å². The molecule has 2 rings (SSSR count). The molecule has 2 aromatic carbocycles. The number of sulfonamides is 2. The molecule has 0 spiro atoms. The molecule has 0 aromatic heterocycles. The van der Waals surface area contributed by atoms with E-state index in [0.717, 1.165) is 0 Å². The van der Waals surface area contributed by atoms with Crippen LogP contribution in [0.2, 0.25) is 0 Å². The molecule has 0 atom stereocenters. The standard InChI is InChI=1S/C14H14N2O4S2/c1-15-21(17,18)14-9-7-12(8-10-14)11-16-22(19,20)13-5-3-2-4-6-13/h2-11,15H,1H3/b16-11+. The summed E-state index contributed by atoms with van der Waals surface area (Å²) in [5.41, 5.74) is 0.481. The lowest BCUT2D eigenvalue weighted by Gasteiger charge is -2.02. The second kappa shape index (κ2) is 6.39. The number of nitrogens with zero attached hydrogens (tertiary/aromatic N) is 1. The first-order valence-corrected chi connectivity index (χ1v) is 9.16. The molecule has 1 N–H and O–H groups in total. The summed E-state index contributed by atoms with van der Waals surface area (Å²) in [7, 11) is -5.96. The number of rotatable bonds is 5. The first-order valence-electron chi connectivity index (χ1n) is 6.24. The molecule has 0 saturated heterocycles. The maximum absolute atomic E-state index is 12.0. The van der Waals surface area contributed by atoms with Crippen molar-refractivity contribution in [2.24, 2.45) is 4.40 Å². The fourth-order valence-electron chi connectivity index (χ4n) is 1.63. The van der Waals surface area contributed by atoms with Gasteiger partial charge in [0.1, 0.15) is 0 Å². The Balaban J connectivity index is 2.25. The van der Waals surface area contributed by atoms with Gasteiger partial charge in [-0.05, 0) is 36.9 Å². The van der Waals surface area contributed by atoms with Crippen LogP contribution in [-0.4, -0.2) is 30.1 Å². The Hall–Kier alpha value is -2.03. The van der Waals surface area contributed by atoms with Gasteiger partial charge in [-0.15, -0.1) is 0 Å². The zero-order chi connectivity index (χ0) is 16.2. The highest BCUT2D eigenvalue weighted by Crippen LogP contribution is 2.12. The van der Waals surface area contributed by atoms with Gasteiger partial charge in [0.25, 0.3) is 10.0 Å². The second-order valence-electron chi connectivity index (χ2n) is 4.30. The highest BCUT2D eigenvalue weighted by molar-refractivity contribution is 7.90. The molecule has 0 unspecified atom stereocenters. The van der Waals surface area contributed by atoms with Crippen molar-refractivity contribution in [3.8, 4) is 0 Å². The smallest absolute Gasteiger partial charge is 0.214 e. The Bertz CT molecular complexity index is 872. The molecule has 8 heteroatoms. The third-order valence-electron chi connectivity index (χ3n) is 2.84. The van der Waals surface area contributed by atoms with Crippen LogP contribution in [-0.2, 0) is 20.0 Å². The molecule has 0 aliphatic carbocycles. The van der Waals surface area contributed by atoms with Crippen LogP contribution in [0, 0.1) is 0 Å². The van der Waals surface area contributed by atoms with Crippen molar-refractivity contribution in [2.75, 3.05) is 7.05 Å². The largest absolute Gasteiger partial charge is 0.282 e. The quantitative estimate of drug-likeness (QED) is 0.834. The van der Waals surface area contributed by atoms with Crippen LogP contribution in [0.3, 0.4) is 0 Å². The Morgan fingerprint density at radius 3 is 2.00 bits per heavy atom. The van der Waals surface area contributed by atoms with E-state index in [1.807, 2.05) is 0 Å². The first kappa shape index (κ1) is 16.3. The molecule has 0 aliphatic rings. The molecular weight excluding hydrogens is 324 g/mol. The van der Waals surface area contributed by atoms with E-state index in [4.69, 9.17) is 0 Å². The van der Waals surface area contributed by atoms with Gasteiger partial charge in [0.15, 0.2) is 0 Å². The van der Waals surface area contributed by atoms with Gasteiger partial charge >= 0.3 is 0 Å². The molecule has 0 aliphatic heterocycles. The minimum Gasteiger partial charge on any atom is -0.214 e. The monoisotopic (exact) mass is 338 g/mol. The van der Waals surface area contributed by atoms with E-state index in [9.17, 15) is 16.8 Å². The summed E-state index contributed by atoms with van der Waals surface area (Å²) < 4.78 is 52.9. The van der Waals surface area contributed by atoms with Crippen molar-refractivity contribution in [1.82, 2.24) is 4.72 Å². The molecule has 0 saturated carbocycles. The summed E-state index contributed by atoms with van der Waals surface area (Å²) in [6.07, 6.45) is 1.18. The van der Waals surface area contributed by atoms with Crippen LogP contribution in [0.1, 0.15) is 5.56 Å². The topological polar surface area (TPSA) is 92.7 Å². The third kappa shape index (κ3) is 3.79. The highest BCUT2D eigenvalue weighted by atomic mass is 32.2. The maximum atomic E-state index is 12.0. The van der Waals surface area contributed by atoms with Crippen LogP contribution in [0.5, 0.6) is 0 Å². The van der Waals surface area contributed by atoms with Crippen LogP contribution in [0.25, 0.3) is 0 Å².